The first kappa shape index (κ1) is 39.8. The molecule has 0 atom stereocenters. The molecule has 0 bridgehead atoms. The zero-order valence-electron chi connectivity index (χ0n) is 38.1. The van der Waals surface area contributed by atoms with Crippen LogP contribution in [0, 0.1) is 0 Å². The second kappa shape index (κ2) is 15.9. The summed E-state index contributed by atoms with van der Waals surface area (Å²) in [5, 5.41) is 9.90. The first-order chi connectivity index (χ1) is 34.7. The van der Waals surface area contributed by atoms with Gasteiger partial charge < -0.3 is 18.3 Å². The summed E-state index contributed by atoms with van der Waals surface area (Å²) < 4.78 is 11.0. The largest absolute Gasteiger partial charge is 0.456 e. The molecule has 4 heterocycles. The highest BCUT2D eigenvalue weighted by Gasteiger charge is 2.19. The van der Waals surface area contributed by atoms with E-state index < -0.39 is 0 Å². The van der Waals surface area contributed by atoms with E-state index in [1.54, 1.807) is 0 Å². The molecule has 0 amide bonds. The summed E-state index contributed by atoms with van der Waals surface area (Å²) in [5.41, 5.74) is 17.8. The van der Waals surface area contributed by atoms with Gasteiger partial charge in [-0.2, -0.15) is 0 Å². The molecule has 4 nitrogen and oxygen atoms in total. The minimum Gasteiger partial charge on any atom is -0.456 e. The molecule has 4 heteroatoms. The normalized spacial score (nSPS) is 12.4. The number of nitrogens with zero attached hydrogens (tertiary/aromatic N) is 3. The Hall–Kier alpha value is -9.38. The summed E-state index contributed by atoms with van der Waals surface area (Å²) >= 11 is 0. The zero-order chi connectivity index (χ0) is 46.3. The molecule has 0 spiro atoms. The Morgan fingerprint density at radius 3 is 1.54 bits per heavy atom. The van der Waals surface area contributed by atoms with Crippen molar-refractivity contribution < 1.29 is 4.42 Å². The summed E-state index contributed by atoms with van der Waals surface area (Å²) in [6.07, 6.45) is 8.34. The van der Waals surface area contributed by atoms with Crippen molar-refractivity contribution >= 4 is 111 Å². The smallest absolute Gasteiger partial charge is 0.136 e. The molecule has 0 radical (unpaired) electrons. The van der Waals surface area contributed by atoms with Crippen LogP contribution in [0.15, 0.2) is 254 Å². The number of furan rings is 1. The van der Waals surface area contributed by atoms with Crippen LogP contribution in [-0.2, 0) is 0 Å². The summed E-state index contributed by atoms with van der Waals surface area (Å²) in [6.45, 7) is 4.22. The molecule has 0 aliphatic heterocycles. The van der Waals surface area contributed by atoms with Crippen LogP contribution in [-0.4, -0.2) is 8.97 Å². The summed E-state index contributed by atoms with van der Waals surface area (Å²) in [5.74, 6) is 0. The maximum Gasteiger partial charge on any atom is 0.136 e. The van der Waals surface area contributed by atoms with Crippen molar-refractivity contribution in [2.75, 3.05) is 4.90 Å². The SMILES string of the molecule is C=CC(=CC=Cn1c2ccccc2c2ccccc21)c1ccc(N(c2ccc(-c3ccc4c(c3)oc3ccccc34)cc2)c2ccc(-c3ccc4c(c3)c3cccc5c6ccccc6n4c53)cc2)cc1. The van der Waals surface area contributed by atoms with Gasteiger partial charge in [-0.15, -0.1) is 0 Å². The number of allylic oxidation sites excluding steroid dienone is 4. The summed E-state index contributed by atoms with van der Waals surface area (Å²) in [6, 6.07) is 80.9. The molecule has 0 saturated carbocycles. The molecule has 328 valence electrons. The fraction of sp³-hybridized carbons (Fsp3) is 0. The van der Waals surface area contributed by atoms with Crippen LogP contribution in [0.3, 0.4) is 0 Å². The highest BCUT2D eigenvalue weighted by Crippen LogP contribution is 2.42. The van der Waals surface area contributed by atoms with E-state index in [0.717, 1.165) is 61.3 Å². The number of aromatic nitrogens is 2. The van der Waals surface area contributed by atoms with Crippen LogP contribution in [0.2, 0.25) is 0 Å². The number of hydrogen-bond acceptors (Lipinski definition) is 2. The summed E-state index contributed by atoms with van der Waals surface area (Å²) in [7, 11) is 0. The zero-order valence-corrected chi connectivity index (χ0v) is 38.1. The second-order valence-corrected chi connectivity index (χ2v) is 18.1. The fourth-order valence-corrected chi connectivity index (χ4v) is 11.0. The number of rotatable bonds is 9. The lowest BCUT2D eigenvalue weighted by atomic mass is 10.0. The van der Waals surface area contributed by atoms with Gasteiger partial charge in [-0.05, 0) is 124 Å². The van der Waals surface area contributed by atoms with Gasteiger partial charge in [-0.3, -0.25) is 0 Å². The third kappa shape index (κ3) is 6.24. The van der Waals surface area contributed by atoms with Gasteiger partial charge in [0.15, 0.2) is 0 Å². The highest BCUT2D eigenvalue weighted by atomic mass is 16.3. The molecule has 14 rings (SSSR count). The van der Waals surface area contributed by atoms with Crippen LogP contribution in [0.5, 0.6) is 0 Å². The average Bonchev–Trinajstić information content (AvgIpc) is 4.16. The van der Waals surface area contributed by atoms with E-state index in [1.807, 2.05) is 18.2 Å². The molecule has 0 aliphatic rings. The second-order valence-electron chi connectivity index (χ2n) is 18.1. The molecule has 0 aliphatic carbocycles. The third-order valence-corrected chi connectivity index (χ3v) is 14.3. The number of anilines is 3. The van der Waals surface area contributed by atoms with Crippen molar-refractivity contribution in [1.82, 2.24) is 8.97 Å². The first-order valence-corrected chi connectivity index (χ1v) is 23.9. The number of fused-ring (bicyclic) bond motifs is 12. The molecule has 10 aromatic carbocycles. The molecular weight excluding hydrogens is 851 g/mol. The van der Waals surface area contributed by atoms with Crippen LogP contribution in [0.1, 0.15) is 5.56 Å². The fourth-order valence-electron chi connectivity index (χ4n) is 11.0. The Kier molecular flexibility index (Phi) is 9.01. The molecule has 0 unspecified atom stereocenters. The lowest BCUT2D eigenvalue weighted by molar-refractivity contribution is 0.669. The van der Waals surface area contributed by atoms with Gasteiger partial charge >= 0.3 is 0 Å². The number of para-hydroxylation sites is 5. The maximum atomic E-state index is 6.27. The van der Waals surface area contributed by atoms with E-state index >= 15 is 0 Å². The van der Waals surface area contributed by atoms with Crippen LogP contribution in [0.4, 0.5) is 17.1 Å². The van der Waals surface area contributed by atoms with Crippen molar-refractivity contribution in [3.05, 3.63) is 255 Å². The molecule has 4 aromatic heterocycles. The molecule has 0 saturated heterocycles. The van der Waals surface area contributed by atoms with E-state index in [1.165, 1.54) is 71.0 Å². The predicted molar refractivity (Wildman–Crippen MR) is 297 cm³/mol. The van der Waals surface area contributed by atoms with Crippen molar-refractivity contribution in [1.29, 1.82) is 0 Å². The van der Waals surface area contributed by atoms with Gasteiger partial charge in [-0.1, -0.05) is 158 Å². The highest BCUT2D eigenvalue weighted by molar-refractivity contribution is 6.23. The molecule has 70 heavy (non-hydrogen) atoms. The lowest BCUT2D eigenvalue weighted by Gasteiger charge is -2.26. The van der Waals surface area contributed by atoms with E-state index in [4.69, 9.17) is 4.42 Å². The minimum absolute atomic E-state index is 0.892. The van der Waals surface area contributed by atoms with E-state index in [0.29, 0.717) is 0 Å². The number of benzene rings is 10. The van der Waals surface area contributed by atoms with Gasteiger partial charge in [0.05, 0.1) is 27.6 Å². The van der Waals surface area contributed by atoms with Gasteiger partial charge in [0.1, 0.15) is 11.2 Å². The van der Waals surface area contributed by atoms with Crippen molar-refractivity contribution in [2.45, 2.75) is 0 Å². The van der Waals surface area contributed by atoms with Crippen molar-refractivity contribution in [3.63, 3.8) is 0 Å². The number of hydrogen-bond donors (Lipinski definition) is 0. The quantitative estimate of drug-likeness (QED) is 0.135. The van der Waals surface area contributed by atoms with Gasteiger partial charge in [0, 0.05) is 66.4 Å². The standard InChI is InChI=1S/C66H43N3O/c1-2-43(13-12-40-67-60-20-7-3-14-52(60)53-15-4-8-21-61(53)67)44-24-32-49(33-25-44)68(51-36-28-46(29-37-51)48-30-38-56-55-17-6-10-23-64(55)70-65(56)42-48)50-34-26-45(27-35-50)47-31-39-63-59(41-47)58-19-11-18-57-54-16-5-9-22-62(54)69(63)66(57)58/h2-42H,1H2. The van der Waals surface area contributed by atoms with Crippen LogP contribution < -0.4 is 4.90 Å². The van der Waals surface area contributed by atoms with Crippen molar-refractivity contribution in [3.8, 4) is 22.3 Å². The van der Waals surface area contributed by atoms with Gasteiger partial charge in [0.25, 0.3) is 0 Å². The monoisotopic (exact) mass is 893 g/mol. The summed E-state index contributed by atoms with van der Waals surface area (Å²) in [4.78, 5) is 2.33. The predicted octanol–water partition coefficient (Wildman–Crippen LogP) is 18.4. The van der Waals surface area contributed by atoms with E-state index in [2.05, 4.69) is 251 Å². The average molecular weight is 894 g/mol. The van der Waals surface area contributed by atoms with E-state index in [9.17, 15) is 0 Å². The van der Waals surface area contributed by atoms with Gasteiger partial charge in [-0.25, -0.2) is 0 Å². The molecule has 14 aromatic rings. The third-order valence-electron chi connectivity index (χ3n) is 14.3. The Morgan fingerprint density at radius 2 is 0.886 bits per heavy atom. The molecule has 0 fully saturated rings. The molecule has 0 N–H and O–H groups in total. The van der Waals surface area contributed by atoms with Crippen LogP contribution >= 0.6 is 0 Å². The topological polar surface area (TPSA) is 25.7 Å². The maximum absolute atomic E-state index is 6.27. The van der Waals surface area contributed by atoms with Gasteiger partial charge in [0.2, 0.25) is 0 Å². The Morgan fingerprint density at radius 1 is 0.400 bits per heavy atom. The Bertz CT molecular complexity index is 4350. The lowest BCUT2D eigenvalue weighted by Crippen LogP contribution is -2.09. The Balaban J connectivity index is 0.820. The van der Waals surface area contributed by atoms with E-state index in [-0.39, 0.29) is 0 Å². The molecular formula is C66H43N3O. The minimum atomic E-state index is 0.892. The Labute approximate surface area is 404 Å². The first-order valence-electron chi connectivity index (χ1n) is 23.9. The van der Waals surface area contributed by atoms with Crippen molar-refractivity contribution in [2.24, 2.45) is 0 Å². The van der Waals surface area contributed by atoms with Crippen LogP contribution in [0.25, 0.3) is 116 Å².